The molecule has 0 radical (unpaired) electrons. The normalized spacial score (nSPS) is 10.8. The first-order chi connectivity index (χ1) is 15.9. The van der Waals surface area contributed by atoms with Crippen LogP contribution < -0.4 is 14.8 Å². The minimum atomic E-state index is -0.181. The smallest absolute Gasteiger partial charge is 0.234 e. The zero-order chi connectivity index (χ0) is 23.8. The number of nitrogens with one attached hydrogen (secondary N) is 1. The largest absolute Gasteiger partial charge is 0.495 e. The molecule has 0 aliphatic carbocycles. The highest BCUT2D eigenvalue weighted by atomic mass is 35.5. The summed E-state index contributed by atoms with van der Waals surface area (Å²) in [5, 5.41) is 13.3. The zero-order valence-corrected chi connectivity index (χ0v) is 21.1. The van der Waals surface area contributed by atoms with Gasteiger partial charge in [-0.05, 0) is 62.2 Å². The molecule has 7 nitrogen and oxygen atoms in total. The second-order valence-electron chi connectivity index (χ2n) is 7.19. The molecule has 2 aromatic carbocycles. The summed E-state index contributed by atoms with van der Waals surface area (Å²) < 4.78 is 13.1. The van der Waals surface area contributed by atoms with E-state index in [-0.39, 0.29) is 11.7 Å². The van der Waals surface area contributed by atoms with Gasteiger partial charge in [0.05, 0.1) is 25.2 Å². The van der Waals surface area contributed by atoms with Gasteiger partial charge in [-0.2, -0.15) is 0 Å². The first-order valence-corrected chi connectivity index (χ1v) is 12.2. The lowest BCUT2D eigenvalue weighted by atomic mass is 10.2. The van der Waals surface area contributed by atoms with E-state index in [1.165, 1.54) is 11.8 Å². The van der Waals surface area contributed by atoms with Crippen LogP contribution in [0.25, 0.3) is 0 Å². The number of nitrogens with zero attached hydrogens (tertiary/aromatic N) is 3. The van der Waals surface area contributed by atoms with Crippen LogP contribution >= 0.6 is 35.0 Å². The number of carbonyl (C=O) groups excluding carboxylic acids is 1. The third kappa shape index (κ3) is 7.03. The van der Waals surface area contributed by atoms with Gasteiger partial charge in [-0.1, -0.05) is 35.0 Å². The van der Waals surface area contributed by atoms with Gasteiger partial charge >= 0.3 is 0 Å². The molecule has 0 unspecified atom stereocenters. The number of hydrogen-bond acceptors (Lipinski definition) is 6. The Morgan fingerprint density at radius 3 is 2.55 bits per heavy atom. The highest BCUT2D eigenvalue weighted by Crippen LogP contribution is 2.28. The summed E-state index contributed by atoms with van der Waals surface area (Å²) in [7, 11) is 1.54. The Hall–Kier alpha value is -2.42. The molecule has 0 aliphatic heterocycles. The summed E-state index contributed by atoms with van der Waals surface area (Å²) in [6.45, 7) is 5.27. The number of anilines is 1. The van der Waals surface area contributed by atoms with Crippen LogP contribution in [0.5, 0.6) is 11.5 Å². The molecule has 0 spiro atoms. The predicted octanol–water partition coefficient (Wildman–Crippen LogP) is 5.66. The topological polar surface area (TPSA) is 78.3 Å². The van der Waals surface area contributed by atoms with Crippen LogP contribution in [0.3, 0.4) is 0 Å². The number of aromatic nitrogens is 3. The van der Waals surface area contributed by atoms with Crippen LogP contribution in [0.1, 0.15) is 24.7 Å². The average molecular weight is 509 g/mol. The molecule has 0 atom stereocenters. The van der Waals surface area contributed by atoms with Crippen molar-refractivity contribution in [2.45, 2.75) is 38.4 Å². The van der Waals surface area contributed by atoms with Crippen molar-refractivity contribution in [2.75, 3.05) is 24.8 Å². The number of methoxy groups -OCH3 is 1. The molecule has 0 fully saturated rings. The number of aryl methyl sites for hydroxylation is 2. The molecule has 1 aromatic heterocycles. The molecular formula is C23H26Cl2N4O3S. The Morgan fingerprint density at radius 2 is 1.85 bits per heavy atom. The Labute approximate surface area is 207 Å². The summed E-state index contributed by atoms with van der Waals surface area (Å²) in [6.07, 6.45) is 1.51. The van der Waals surface area contributed by atoms with Gasteiger partial charge in [0.1, 0.15) is 17.3 Å². The van der Waals surface area contributed by atoms with Gasteiger partial charge in [0.15, 0.2) is 5.16 Å². The molecule has 33 heavy (non-hydrogen) atoms. The van der Waals surface area contributed by atoms with Crippen molar-refractivity contribution in [1.29, 1.82) is 0 Å². The van der Waals surface area contributed by atoms with E-state index in [1.807, 2.05) is 36.6 Å². The van der Waals surface area contributed by atoms with E-state index < -0.39 is 0 Å². The predicted molar refractivity (Wildman–Crippen MR) is 133 cm³/mol. The number of amides is 1. The number of thioether (sulfide) groups is 1. The molecule has 0 saturated heterocycles. The Morgan fingerprint density at radius 1 is 1.12 bits per heavy atom. The third-order valence-corrected chi connectivity index (χ3v) is 6.25. The first kappa shape index (κ1) is 25.2. The van der Waals surface area contributed by atoms with Gasteiger partial charge < -0.3 is 19.4 Å². The summed E-state index contributed by atoms with van der Waals surface area (Å²) >= 11 is 13.4. The van der Waals surface area contributed by atoms with E-state index in [1.54, 1.807) is 25.3 Å². The lowest BCUT2D eigenvalue weighted by molar-refractivity contribution is -0.113. The summed E-state index contributed by atoms with van der Waals surface area (Å²) in [6, 6.07) is 10.7. The number of hydrogen-bond donors (Lipinski definition) is 1. The van der Waals surface area contributed by atoms with Gasteiger partial charge in [0.2, 0.25) is 5.91 Å². The number of ether oxygens (including phenoxy) is 2. The summed E-state index contributed by atoms with van der Waals surface area (Å²) in [5.41, 5.74) is 1.54. The SMILES string of the molecule is CCn1c(CCCOc2ccc(Cl)cc2C)nnc1SCC(=O)Nc1cc(Cl)ccc1OC. The van der Waals surface area contributed by atoms with E-state index >= 15 is 0 Å². The van der Waals surface area contributed by atoms with Crippen LogP contribution in [0, 0.1) is 6.92 Å². The van der Waals surface area contributed by atoms with Crippen LogP contribution in [-0.2, 0) is 17.8 Å². The molecule has 0 aliphatic rings. The molecule has 0 bridgehead atoms. The standard InChI is InChI=1S/C23H26Cl2N4O3S/c1-4-29-21(6-5-11-32-19-9-7-16(24)12-15(19)2)27-28-23(29)33-14-22(30)26-18-13-17(25)8-10-20(18)31-3/h7-10,12-13H,4-6,11,14H2,1-3H3,(H,26,30). The number of carbonyl (C=O) groups is 1. The first-order valence-electron chi connectivity index (χ1n) is 10.5. The number of halogens is 2. The van der Waals surface area contributed by atoms with Crippen molar-refractivity contribution >= 4 is 46.6 Å². The van der Waals surface area contributed by atoms with Crippen molar-refractivity contribution < 1.29 is 14.3 Å². The minimum Gasteiger partial charge on any atom is -0.495 e. The van der Waals surface area contributed by atoms with Crippen molar-refractivity contribution in [3.63, 3.8) is 0 Å². The second kappa shape index (κ2) is 12.2. The van der Waals surface area contributed by atoms with E-state index in [0.29, 0.717) is 39.8 Å². The Kier molecular flexibility index (Phi) is 9.29. The third-order valence-electron chi connectivity index (χ3n) is 4.82. The lowest BCUT2D eigenvalue weighted by Gasteiger charge is -2.11. The highest BCUT2D eigenvalue weighted by molar-refractivity contribution is 7.99. The average Bonchev–Trinajstić information content (AvgIpc) is 3.18. The molecule has 10 heteroatoms. The van der Waals surface area contributed by atoms with Gasteiger partial charge in [0, 0.05) is 23.0 Å². The lowest BCUT2D eigenvalue weighted by Crippen LogP contribution is -2.15. The van der Waals surface area contributed by atoms with E-state index in [4.69, 9.17) is 32.7 Å². The number of benzene rings is 2. The monoisotopic (exact) mass is 508 g/mol. The molecule has 1 amide bonds. The molecule has 3 aromatic rings. The van der Waals surface area contributed by atoms with Crippen molar-refractivity contribution in [2.24, 2.45) is 0 Å². The molecule has 3 rings (SSSR count). The van der Waals surface area contributed by atoms with Gasteiger partial charge in [-0.15, -0.1) is 10.2 Å². The van der Waals surface area contributed by atoms with Crippen molar-refractivity contribution in [1.82, 2.24) is 14.8 Å². The maximum Gasteiger partial charge on any atom is 0.234 e. The molecule has 1 N–H and O–H groups in total. The summed E-state index contributed by atoms with van der Waals surface area (Å²) in [4.78, 5) is 12.5. The Balaban J connectivity index is 1.51. The highest BCUT2D eigenvalue weighted by Gasteiger charge is 2.14. The van der Waals surface area contributed by atoms with Crippen LogP contribution in [-0.4, -0.2) is 40.1 Å². The number of rotatable bonds is 11. The van der Waals surface area contributed by atoms with Crippen LogP contribution in [0.2, 0.25) is 10.0 Å². The summed E-state index contributed by atoms with van der Waals surface area (Å²) in [5.74, 6) is 2.25. The minimum absolute atomic E-state index is 0.181. The quantitative estimate of drug-likeness (QED) is 0.265. The van der Waals surface area contributed by atoms with E-state index in [2.05, 4.69) is 15.5 Å². The van der Waals surface area contributed by atoms with Gasteiger partial charge in [-0.25, -0.2) is 0 Å². The van der Waals surface area contributed by atoms with Crippen LogP contribution in [0.4, 0.5) is 5.69 Å². The fourth-order valence-corrected chi connectivity index (χ4v) is 4.43. The fourth-order valence-electron chi connectivity index (χ4n) is 3.21. The Bertz CT molecular complexity index is 1110. The molecule has 0 saturated carbocycles. The maximum atomic E-state index is 12.5. The van der Waals surface area contributed by atoms with Gasteiger partial charge in [-0.3, -0.25) is 4.79 Å². The second-order valence-corrected chi connectivity index (χ2v) is 9.00. The van der Waals surface area contributed by atoms with Crippen molar-refractivity contribution in [3.05, 3.63) is 57.8 Å². The fraction of sp³-hybridized carbons (Fsp3) is 0.348. The van der Waals surface area contributed by atoms with Crippen LogP contribution in [0.15, 0.2) is 41.6 Å². The van der Waals surface area contributed by atoms with Crippen molar-refractivity contribution in [3.8, 4) is 11.5 Å². The van der Waals surface area contributed by atoms with Gasteiger partial charge in [0.25, 0.3) is 0 Å². The van der Waals surface area contributed by atoms with E-state index in [9.17, 15) is 4.79 Å². The maximum absolute atomic E-state index is 12.5. The molecular weight excluding hydrogens is 483 g/mol. The van der Waals surface area contributed by atoms with E-state index in [0.717, 1.165) is 30.0 Å². The molecule has 176 valence electrons. The zero-order valence-electron chi connectivity index (χ0n) is 18.7. The molecule has 1 heterocycles.